The smallest absolute Gasteiger partial charge is 0.251 e. The normalized spacial score (nSPS) is 13.6. The van der Waals surface area contributed by atoms with Crippen LogP contribution in [0.15, 0.2) is 92.0 Å². The summed E-state index contributed by atoms with van der Waals surface area (Å²) in [5.74, 6) is 1.66. The fourth-order valence-electron chi connectivity index (χ4n) is 3.64. The number of aromatic amines is 1. The van der Waals surface area contributed by atoms with Gasteiger partial charge in [0.1, 0.15) is 28.6 Å². The molecule has 0 saturated heterocycles. The van der Waals surface area contributed by atoms with Crippen LogP contribution < -0.4 is 15.1 Å². The molecule has 0 bridgehead atoms. The van der Waals surface area contributed by atoms with Gasteiger partial charge in [0, 0.05) is 43.2 Å². The van der Waals surface area contributed by atoms with Crippen molar-refractivity contribution in [3.8, 4) is 0 Å². The van der Waals surface area contributed by atoms with Crippen LogP contribution >= 0.6 is 0 Å². The van der Waals surface area contributed by atoms with Crippen molar-refractivity contribution in [3.05, 3.63) is 103 Å². The van der Waals surface area contributed by atoms with E-state index in [4.69, 9.17) is 0 Å². The van der Waals surface area contributed by atoms with Crippen LogP contribution in [0.4, 0.5) is 17.6 Å². The second-order valence-corrected chi connectivity index (χ2v) is 6.99. The molecule has 0 radical (unpaired) electrons. The molecule has 1 aliphatic heterocycles. The first kappa shape index (κ1) is 19.4. The molecule has 6 heterocycles. The zero-order valence-corrected chi connectivity index (χ0v) is 17.6. The van der Waals surface area contributed by atoms with E-state index in [0.717, 1.165) is 0 Å². The van der Waals surface area contributed by atoms with Gasteiger partial charge in [-0.05, 0) is 30.3 Å². The van der Waals surface area contributed by atoms with E-state index in [1.165, 1.54) is 0 Å². The number of H-pyrrole nitrogens is 1. The Kier molecular flexibility index (Phi) is 4.77. The summed E-state index contributed by atoms with van der Waals surface area (Å²) in [6, 6.07) is 12.9. The molecule has 0 aliphatic carbocycles. The summed E-state index contributed by atoms with van der Waals surface area (Å²) in [5, 5.41) is 21.3. The van der Waals surface area contributed by atoms with Crippen molar-refractivity contribution in [1.82, 2.24) is 45.3 Å². The van der Waals surface area contributed by atoms with Crippen molar-refractivity contribution < 1.29 is 0 Å². The molecule has 0 saturated carbocycles. The first-order chi connectivity index (χ1) is 16.9. The maximum absolute atomic E-state index is 4.61. The van der Waals surface area contributed by atoms with Gasteiger partial charge in [0.05, 0.1) is 12.4 Å². The van der Waals surface area contributed by atoms with Crippen molar-refractivity contribution in [3.63, 3.8) is 0 Å². The number of rotatable bonds is 5. The number of hydrogen-bond acceptors (Lipinski definition) is 11. The number of pyridine rings is 1. The predicted octanol–water partition coefficient (Wildman–Crippen LogP) is 2.36. The van der Waals surface area contributed by atoms with Crippen LogP contribution in [0.25, 0.3) is 11.4 Å². The van der Waals surface area contributed by atoms with Crippen LogP contribution in [0.3, 0.4) is 0 Å². The van der Waals surface area contributed by atoms with Gasteiger partial charge in [-0.1, -0.05) is 6.07 Å². The Bertz CT molecular complexity index is 1390. The molecule has 5 aromatic heterocycles. The molecule has 12 heteroatoms. The van der Waals surface area contributed by atoms with E-state index < -0.39 is 0 Å². The topological polar surface area (TPSA) is 129 Å². The number of anilines is 3. The highest BCUT2D eigenvalue weighted by Crippen LogP contribution is 2.44. The van der Waals surface area contributed by atoms with Crippen LogP contribution in [0.2, 0.25) is 0 Å². The summed E-state index contributed by atoms with van der Waals surface area (Å²) in [6.07, 6.45) is 13.3. The summed E-state index contributed by atoms with van der Waals surface area (Å²) < 4.78 is 0. The van der Waals surface area contributed by atoms with Crippen molar-refractivity contribution in [2.75, 3.05) is 15.1 Å². The maximum Gasteiger partial charge on any atom is 0.251 e. The predicted molar refractivity (Wildman–Crippen MR) is 123 cm³/mol. The van der Waals surface area contributed by atoms with Gasteiger partial charge in [0.25, 0.3) is 5.95 Å². The molecular weight excluding hydrogens is 432 g/mol. The van der Waals surface area contributed by atoms with Crippen molar-refractivity contribution in [2.24, 2.45) is 0 Å². The van der Waals surface area contributed by atoms with Gasteiger partial charge in [-0.3, -0.25) is 15.1 Å². The van der Waals surface area contributed by atoms with Crippen molar-refractivity contribution in [2.45, 2.75) is 0 Å². The molecule has 6 rings (SSSR count). The number of nitrogens with one attached hydrogen (secondary N) is 1. The molecule has 0 fully saturated rings. The van der Waals surface area contributed by atoms with Gasteiger partial charge < -0.3 is 0 Å². The largest absolute Gasteiger partial charge is 0.261 e. The summed E-state index contributed by atoms with van der Waals surface area (Å²) >= 11 is 0. The molecule has 0 aromatic carbocycles. The molecule has 34 heavy (non-hydrogen) atoms. The first-order valence-electron chi connectivity index (χ1n) is 10.3. The summed E-state index contributed by atoms with van der Waals surface area (Å²) in [4.78, 5) is 22.6. The maximum atomic E-state index is 4.61. The van der Waals surface area contributed by atoms with Gasteiger partial charge in [0.15, 0.2) is 5.82 Å². The number of aromatic nitrogens is 9. The van der Waals surface area contributed by atoms with Gasteiger partial charge in [-0.25, -0.2) is 20.0 Å². The highest BCUT2D eigenvalue weighted by Gasteiger charge is 2.44. The van der Waals surface area contributed by atoms with E-state index in [1.807, 2.05) is 51.5 Å². The van der Waals surface area contributed by atoms with E-state index in [2.05, 4.69) is 45.3 Å². The number of nitrogens with zero attached hydrogens (tertiary/aromatic N) is 11. The van der Waals surface area contributed by atoms with E-state index in [9.17, 15) is 0 Å². The third-order valence-electron chi connectivity index (χ3n) is 4.96. The Morgan fingerprint density at radius 3 is 2.24 bits per heavy atom. The summed E-state index contributed by atoms with van der Waals surface area (Å²) in [7, 11) is 0. The van der Waals surface area contributed by atoms with Gasteiger partial charge >= 0.3 is 0 Å². The van der Waals surface area contributed by atoms with E-state index in [-0.39, 0.29) is 0 Å². The molecule has 12 nitrogen and oxygen atoms in total. The van der Waals surface area contributed by atoms with Crippen LogP contribution in [-0.4, -0.2) is 45.3 Å². The standard InChI is InChI=1S/C22H16N12/c1-2-8-25-18(6-1)34-32(19-7-12-29-31-19)20(16-5-3-11-28-30-16)21(17-15-23-13-14-24-17)33(34)22-26-9-4-10-27-22/h1-15H,(H,29,31). The molecule has 0 unspecified atom stereocenters. The van der Waals surface area contributed by atoms with Crippen LogP contribution in [0, 0.1) is 0 Å². The molecule has 5 aromatic rings. The lowest BCUT2D eigenvalue weighted by Gasteiger charge is -2.35. The first-order valence-corrected chi connectivity index (χ1v) is 10.3. The monoisotopic (exact) mass is 448 g/mol. The van der Waals surface area contributed by atoms with Crippen LogP contribution in [-0.2, 0) is 0 Å². The Morgan fingerprint density at radius 1 is 0.647 bits per heavy atom. The van der Waals surface area contributed by atoms with Crippen molar-refractivity contribution >= 4 is 29.0 Å². The Hall–Kier alpha value is -5.26. The quantitative estimate of drug-likeness (QED) is 0.425. The van der Waals surface area contributed by atoms with E-state index in [0.29, 0.717) is 40.4 Å². The highest BCUT2D eigenvalue weighted by molar-refractivity contribution is 6.06. The third kappa shape index (κ3) is 3.26. The Balaban J connectivity index is 1.71. The van der Waals surface area contributed by atoms with Crippen LogP contribution in [0.5, 0.6) is 0 Å². The highest BCUT2D eigenvalue weighted by atomic mass is 15.9. The lowest BCUT2D eigenvalue weighted by atomic mass is 10.2. The minimum atomic E-state index is 0.400. The van der Waals surface area contributed by atoms with Gasteiger partial charge in [-0.15, -0.1) is 5.10 Å². The number of hydrogen-bond donors (Lipinski definition) is 1. The Morgan fingerprint density at radius 2 is 1.53 bits per heavy atom. The van der Waals surface area contributed by atoms with Crippen molar-refractivity contribution in [1.29, 1.82) is 0 Å². The molecule has 1 aliphatic rings. The minimum Gasteiger partial charge on any atom is -0.261 e. The molecule has 1 N–H and O–H groups in total. The molecule has 164 valence electrons. The zero-order valence-electron chi connectivity index (χ0n) is 17.6. The average Bonchev–Trinajstić information content (AvgIpc) is 3.57. The molecular formula is C22H16N12. The molecule has 0 spiro atoms. The SMILES string of the molecule is c1ccc(N2N(c3ncccn3)C(c3cnccn3)=C(c3cccnn3)N2c2ccn[nH]2)nc1. The summed E-state index contributed by atoms with van der Waals surface area (Å²) in [6.45, 7) is 0. The molecule has 0 amide bonds. The fraction of sp³-hybridized carbons (Fsp3) is 0. The second kappa shape index (κ2) is 8.35. The van der Waals surface area contributed by atoms with Crippen LogP contribution in [0.1, 0.15) is 11.4 Å². The van der Waals surface area contributed by atoms with E-state index >= 15 is 0 Å². The fourth-order valence-corrected chi connectivity index (χ4v) is 3.64. The average molecular weight is 448 g/mol. The summed E-state index contributed by atoms with van der Waals surface area (Å²) in [5.41, 5.74) is 2.48. The zero-order chi connectivity index (χ0) is 22.7. The van der Waals surface area contributed by atoms with E-state index in [1.54, 1.807) is 55.6 Å². The Labute approximate surface area is 193 Å². The van der Waals surface area contributed by atoms with Gasteiger partial charge in [-0.2, -0.15) is 20.3 Å². The molecule has 0 atom stereocenters. The number of hydrazine groups is 2. The minimum absolute atomic E-state index is 0.400. The lowest BCUT2D eigenvalue weighted by molar-refractivity contribution is 0.808. The van der Waals surface area contributed by atoms with Gasteiger partial charge in [0.2, 0.25) is 0 Å². The third-order valence-corrected chi connectivity index (χ3v) is 4.96. The second-order valence-electron chi connectivity index (χ2n) is 6.99. The lowest BCUT2D eigenvalue weighted by Crippen LogP contribution is -2.48.